The van der Waals surface area contributed by atoms with Crippen molar-refractivity contribution in [3.8, 4) is 5.88 Å². The van der Waals surface area contributed by atoms with Crippen LogP contribution in [0.1, 0.15) is 6.42 Å². The SMILES string of the molecule is COc1ccc(N2CCN(C(=O)C3CC(=O)N(c4ccccc4)C3)CC2)nn1.Cl. The molecule has 2 aliphatic heterocycles. The van der Waals surface area contributed by atoms with E-state index < -0.39 is 0 Å². The summed E-state index contributed by atoms with van der Waals surface area (Å²) in [6.45, 7) is 3.06. The lowest BCUT2D eigenvalue weighted by Crippen LogP contribution is -2.51. The maximum atomic E-state index is 12.9. The summed E-state index contributed by atoms with van der Waals surface area (Å²) < 4.78 is 5.03. The van der Waals surface area contributed by atoms with Gasteiger partial charge in [0.15, 0.2) is 5.82 Å². The first kappa shape index (κ1) is 20.9. The second kappa shape index (κ2) is 9.09. The molecule has 2 saturated heterocycles. The molecule has 9 heteroatoms. The number of hydrogen-bond donors (Lipinski definition) is 0. The van der Waals surface area contributed by atoms with E-state index in [2.05, 4.69) is 15.1 Å². The highest BCUT2D eigenvalue weighted by Crippen LogP contribution is 2.26. The van der Waals surface area contributed by atoms with E-state index in [0.717, 1.165) is 11.5 Å². The van der Waals surface area contributed by atoms with Crippen molar-refractivity contribution in [3.63, 3.8) is 0 Å². The number of para-hydroxylation sites is 1. The summed E-state index contributed by atoms with van der Waals surface area (Å²) in [4.78, 5) is 31.0. The highest BCUT2D eigenvalue weighted by molar-refractivity contribution is 6.00. The van der Waals surface area contributed by atoms with Crippen LogP contribution in [-0.2, 0) is 9.59 Å². The lowest BCUT2D eigenvalue weighted by Gasteiger charge is -2.36. The Morgan fingerprint density at radius 2 is 1.76 bits per heavy atom. The van der Waals surface area contributed by atoms with Crippen molar-refractivity contribution in [2.75, 3.05) is 49.6 Å². The summed E-state index contributed by atoms with van der Waals surface area (Å²) in [6.07, 6.45) is 0.276. The number of methoxy groups -OCH3 is 1. The fourth-order valence-corrected chi connectivity index (χ4v) is 3.74. The molecule has 2 fully saturated rings. The number of halogens is 1. The van der Waals surface area contributed by atoms with Gasteiger partial charge in [-0.15, -0.1) is 22.6 Å². The predicted molar refractivity (Wildman–Crippen MR) is 112 cm³/mol. The molecular weight excluding hydrogens is 394 g/mol. The van der Waals surface area contributed by atoms with Crippen molar-refractivity contribution in [2.45, 2.75) is 6.42 Å². The van der Waals surface area contributed by atoms with E-state index in [0.29, 0.717) is 38.6 Å². The zero-order chi connectivity index (χ0) is 19.5. The smallest absolute Gasteiger partial charge is 0.233 e. The molecule has 154 valence electrons. The summed E-state index contributed by atoms with van der Waals surface area (Å²) in [7, 11) is 1.56. The van der Waals surface area contributed by atoms with Crippen molar-refractivity contribution in [2.24, 2.45) is 5.92 Å². The molecule has 3 heterocycles. The Bertz CT molecular complexity index is 841. The van der Waals surface area contributed by atoms with E-state index in [-0.39, 0.29) is 36.6 Å². The number of ether oxygens (including phenoxy) is 1. The largest absolute Gasteiger partial charge is 0.480 e. The lowest BCUT2D eigenvalue weighted by molar-refractivity contribution is -0.136. The van der Waals surface area contributed by atoms with Crippen LogP contribution >= 0.6 is 12.4 Å². The average molecular weight is 418 g/mol. The normalized spacial score (nSPS) is 19.1. The number of aromatic nitrogens is 2. The third-order valence-electron chi connectivity index (χ3n) is 5.29. The Balaban J connectivity index is 0.00000240. The number of carbonyl (C=O) groups excluding carboxylic acids is 2. The van der Waals surface area contributed by atoms with E-state index in [1.165, 1.54) is 0 Å². The monoisotopic (exact) mass is 417 g/mol. The Hall–Kier alpha value is -2.87. The first-order valence-corrected chi connectivity index (χ1v) is 9.42. The molecule has 1 aromatic heterocycles. The van der Waals surface area contributed by atoms with Crippen LogP contribution in [-0.4, -0.2) is 66.7 Å². The molecular formula is C20H24ClN5O3. The third-order valence-corrected chi connectivity index (χ3v) is 5.29. The van der Waals surface area contributed by atoms with Gasteiger partial charge in [-0.05, 0) is 18.2 Å². The molecule has 0 saturated carbocycles. The third kappa shape index (κ3) is 4.42. The van der Waals surface area contributed by atoms with Crippen LogP contribution in [0.2, 0.25) is 0 Å². The lowest BCUT2D eigenvalue weighted by atomic mass is 10.1. The van der Waals surface area contributed by atoms with Crippen molar-refractivity contribution < 1.29 is 14.3 Å². The molecule has 8 nitrogen and oxygen atoms in total. The number of piperazine rings is 1. The number of amides is 2. The van der Waals surface area contributed by atoms with Gasteiger partial charge in [-0.2, -0.15) is 0 Å². The maximum Gasteiger partial charge on any atom is 0.233 e. The van der Waals surface area contributed by atoms with Crippen LogP contribution < -0.4 is 14.5 Å². The molecule has 0 aliphatic carbocycles. The Morgan fingerprint density at radius 1 is 1.03 bits per heavy atom. The standard InChI is InChI=1S/C20H23N5O3.ClH/c1-28-18-8-7-17(21-22-18)23-9-11-24(12-10-23)20(27)15-13-19(26)25(14-15)16-5-3-2-4-6-16;/h2-8,15H,9-14H2,1H3;1H. The molecule has 4 rings (SSSR count). The van der Waals surface area contributed by atoms with Gasteiger partial charge in [-0.3, -0.25) is 9.59 Å². The first-order valence-electron chi connectivity index (χ1n) is 9.42. The van der Waals surface area contributed by atoms with Gasteiger partial charge in [-0.25, -0.2) is 0 Å². The average Bonchev–Trinajstić information content (AvgIpc) is 3.15. The molecule has 0 bridgehead atoms. The maximum absolute atomic E-state index is 12.9. The fraction of sp³-hybridized carbons (Fsp3) is 0.400. The van der Waals surface area contributed by atoms with Crippen LogP contribution in [0.15, 0.2) is 42.5 Å². The molecule has 1 atom stereocenters. The number of nitrogens with zero attached hydrogens (tertiary/aromatic N) is 5. The summed E-state index contributed by atoms with van der Waals surface area (Å²) in [5, 5.41) is 8.17. The molecule has 0 N–H and O–H groups in total. The quantitative estimate of drug-likeness (QED) is 0.752. The minimum Gasteiger partial charge on any atom is -0.480 e. The number of rotatable bonds is 4. The molecule has 2 amide bonds. The van der Waals surface area contributed by atoms with Gasteiger partial charge in [0.1, 0.15) is 0 Å². The first-order chi connectivity index (χ1) is 13.7. The molecule has 29 heavy (non-hydrogen) atoms. The van der Waals surface area contributed by atoms with Gasteiger partial charge in [0.25, 0.3) is 0 Å². The number of hydrogen-bond acceptors (Lipinski definition) is 6. The van der Waals surface area contributed by atoms with Gasteiger partial charge in [-0.1, -0.05) is 18.2 Å². The molecule has 1 unspecified atom stereocenters. The second-order valence-corrected chi connectivity index (χ2v) is 6.99. The summed E-state index contributed by atoms with van der Waals surface area (Å²) in [5.74, 6) is 1.05. The summed E-state index contributed by atoms with van der Waals surface area (Å²) >= 11 is 0. The minimum atomic E-state index is -0.278. The van der Waals surface area contributed by atoms with Crippen LogP contribution in [0, 0.1) is 5.92 Å². The Kier molecular flexibility index (Phi) is 6.53. The predicted octanol–water partition coefficient (Wildman–Crippen LogP) is 1.61. The molecule has 2 aliphatic rings. The van der Waals surface area contributed by atoms with Gasteiger partial charge in [0.05, 0.1) is 13.0 Å². The van der Waals surface area contributed by atoms with E-state index in [4.69, 9.17) is 4.74 Å². The van der Waals surface area contributed by atoms with Crippen molar-refractivity contribution >= 4 is 35.7 Å². The number of carbonyl (C=O) groups is 2. The zero-order valence-electron chi connectivity index (χ0n) is 16.2. The van der Waals surface area contributed by atoms with Crippen LogP contribution in [0.4, 0.5) is 11.5 Å². The fourth-order valence-electron chi connectivity index (χ4n) is 3.74. The molecule has 0 spiro atoms. The number of anilines is 2. The van der Waals surface area contributed by atoms with Gasteiger partial charge < -0.3 is 19.4 Å². The van der Waals surface area contributed by atoms with E-state index in [1.807, 2.05) is 41.3 Å². The topological polar surface area (TPSA) is 78.9 Å². The van der Waals surface area contributed by atoms with Gasteiger partial charge in [0.2, 0.25) is 17.7 Å². The molecule has 1 aromatic carbocycles. The van der Waals surface area contributed by atoms with E-state index in [9.17, 15) is 9.59 Å². The van der Waals surface area contributed by atoms with E-state index in [1.54, 1.807) is 18.1 Å². The van der Waals surface area contributed by atoms with Crippen molar-refractivity contribution in [3.05, 3.63) is 42.5 Å². The Labute approximate surface area is 175 Å². The second-order valence-electron chi connectivity index (χ2n) is 6.99. The van der Waals surface area contributed by atoms with E-state index >= 15 is 0 Å². The highest BCUT2D eigenvalue weighted by atomic mass is 35.5. The van der Waals surface area contributed by atoms with Crippen LogP contribution in [0.3, 0.4) is 0 Å². The minimum absolute atomic E-state index is 0. The molecule has 0 radical (unpaired) electrons. The Morgan fingerprint density at radius 3 is 2.38 bits per heavy atom. The zero-order valence-corrected chi connectivity index (χ0v) is 17.0. The van der Waals surface area contributed by atoms with Crippen LogP contribution in [0.25, 0.3) is 0 Å². The summed E-state index contributed by atoms with van der Waals surface area (Å²) in [5.41, 5.74) is 0.852. The molecule has 2 aromatic rings. The van der Waals surface area contributed by atoms with Gasteiger partial charge in [0, 0.05) is 50.9 Å². The van der Waals surface area contributed by atoms with Crippen molar-refractivity contribution in [1.29, 1.82) is 0 Å². The summed E-state index contributed by atoms with van der Waals surface area (Å²) in [6, 6.07) is 13.2. The highest BCUT2D eigenvalue weighted by Gasteiger charge is 2.37. The number of benzene rings is 1. The van der Waals surface area contributed by atoms with Gasteiger partial charge >= 0.3 is 0 Å². The van der Waals surface area contributed by atoms with Crippen LogP contribution in [0.5, 0.6) is 5.88 Å². The van der Waals surface area contributed by atoms with Crippen molar-refractivity contribution in [1.82, 2.24) is 15.1 Å².